The lowest BCUT2D eigenvalue weighted by atomic mass is 10.2. The van der Waals surface area contributed by atoms with E-state index in [1.54, 1.807) is 12.1 Å². The average Bonchev–Trinajstić information content (AvgIpc) is 3.00. The van der Waals surface area contributed by atoms with Gasteiger partial charge >= 0.3 is 5.91 Å². The average molecular weight is 391 g/mol. The van der Waals surface area contributed by atoms with E-state index in [4.69, 9.17) is 16.0 Å². The zero-order valence-electron chi connectivity index (χ0n) is 14.0. The molecule has 0 radical (unpaired) electrons. The van der Waals surface area contributed by atoms with Gasteiger partial charge in [-0.3, -0.25) is 25.2 Å². The Labute approximate surface area is 157 Å². The number of hydrazine groups is 1. The Bertz CT molecular complexity index is 1070. The number of carbonyl (C=O) groups excluding carboxylic acids is 2. The van der Waals surface area contributed by atoms with Crippen LogP contribution in [0.5, 0.6) is 0 Å². The van der Waals surface area contributed by atoms with Crippen LogP contribution in [0.25, 0.3) is 11.0 Å². The monoisotopic (exact) mass is 390 g/mol. The first-order valence-electron chi connectivity index (χ1n) is 7.82. The molecule has 0 saturated carbocycles. The van der Waals surface area contributed by atoms with Gasteiger partial charge in [-0.2, -0.15) is 0 Å². The molecule has 6 nitrogen and oxygen atoms in total. The van der Waals surface area contributed by atoms with Crippen molar-refractivity contribution in [2.75, 3.05) is 0 Å². The SMILES string of the molecule is CCc1sc(C(=O)NNC(=O)c2cc(=O)c3cc(Cl)ccc3o2)cc1C. The minimum absolute atomic E-state index is 0.207. The fourth-order valence-electron chi connectivity index (χ4n) is 2.46. The van der Waals surface area contributed by atoms with E-state index in [9.17, 15) is 14.4 Å². The summed E-state index contributed by atoms with van der Waals surface area (Å²) in [6.45, 7) is 3.94. The Balaban J connectivity index is 1.75. The predicted molar refractivity (Wildman–Crippen MR) is 101 cm³/mol. The number of nitrogens with one attached hydrogen (secondary N) is 2. The minimum atomic E-state index is -0.726. The van der Waals surface area contributed by atoms with Crippen LogP contribution >= 0.6 is 22.9 Å². The van der Waals surface area contributed by atoms with E-state index >= 15 is 0 Å². The highest BCUT2D eigenvalue weighted by molar-refractivity contribution is 7.14. The summed E-state index contributed by atoms with van der Waals surface area (Å²) in [6.07, 6.45) is 0.836. The summed E-state index contributed by atoms with van der Waals surface area (Å²) in [4.78, 5) is 38.1. The van der Waals surface area contributed by atoms with Crippen molar-refractivity contribution < 1.29 is 14.0 Å². The van der Waals surface area contributed by atoms with E-state index in [0.29, 0.717) is 9.90 Å². The standard InChI is InChI=1S/C18H15ClN2O4S/c1-3-15-9(2)6-16(26-15)18(24)21-20-17(23)14-8-12(22)11-7-10(19)4-5-13(11)25-14/h4-8H,3H2,1-2H3,(H,20,23)(H,21,24). The van der Waals surface area contributed by atoms with Gasteiger partial charge in [-0.15, -0.1) is 11.3 Å². The smallest absolute Gasteiger partial charge is 0.305 e. The lowest BCUT2D eigenvalue weighted by Gasteiger charge is -2.06. The van der Waals surface area contributed by atoms with Crippen LogP contribution < -0.4 is 16.3 Å². The number of thiophene rings is 1. The van der Waals surface area contributed by atoms with Crippen LogP contribution in [0.2, 0.25) is 5.02 Å². The van der Waals surface area contributed by atoms with Crippen LogP contribution in [-0.2, 0) is 6.42 Å². The molecule has 0 aliphatic heterocycles. The summed E-state index contributed by atoms with van der Waals surface area (Å²) < 4.78 is 5.42. The fourth-order valence-corrected chi connectivity index (χ4v) is 3.64. The maximum Gasteiger partial charge on any atom is 0.305 e. The number of aryl methyl sites for hydroxylation is 2. The molecule has 0 atom stereocenters. The molecule has 0 bridgehead atoms. The van der Waals surface area contributed by atoms with Crippen molar-refractivity contribution in [3.63, 3.8) is 0 Å². The number of halogens is 1. The maximum absolute atomic E-state index is 12.2. The Morgan fingerprint density at radius 3 is 2.58 bits per heavy atom. The van der Waals surface area contributed by atoms with Gasteiger partial charge in [-0.05, 0) is 43.2 Å². The van der Waals surface area contributed by atoms with E-state index < -0.39 is 17.2 Å². The van der Waals surface area contributed by atoms with E-state index in [1.807, 2.05) is 13.8 Å². The second kappa shape index (κ2) is 7.31. The zero-order valence-corrected chi connectivity index (χ0v) is 15.6. The highest BCUT2D eigenvalue weighted by atomic mass is 35.5. The van der Waals surface area contributed by atoms with Crippen molar-refractivity contribution in [3.05, 3.63) is 66.7 Å². The molecule has 0 saturated heterocycles. The number of hydrogen-bond acceptors (Lipinski definition) is 5. The van der Waals surface area contributed by atoms with Gasteiger partial charge in [0.05, 0.1) is 10.3 Å². The van der Waals surface area contributed by atoms with Crippen LogP contribution in [0.4, 0.5) is 0 Å². The molecule has 0 unspecified atom stereocenters. The first kappa shape index (κ1) is 18.2. The summed E-state index contributed by atoms with van der Waals surface area (Å²) in [5.41, 5.74) is 5.46. The summed E-state index contributed by atoms with van der Waals surface area (Å²) in [6, 6.07) is 7.36. The normalized spacial score (nSPS) is 10.7. The van der Waals surface area contributed by atoms with Crippen molar-refractivity contribution >= 4 is 45.7 Å². The van der Waals surface area contributed by atoms with Crippen molar-refractivity contribution in [1.82, 2.24) is 10.9 Å². The van der Waals surface area contributed by atoms with Crippen molar-refractivity contribution in [2.24, 2.45) is 0 Å². The second-order valence-electron chi connectivity index (χ2n) is 5.59. The van der Waals surface area contributed by atoms with Gasteiger partial charge in [0.2, 0.25) is 0 Å². The number of amides is 2. The Morgan fingerprint density at radius 1 is 1.15 bits per heavy atom. The van der Waals surface area contributed by atoms with Crippen molar-refractivity contribution in [3.8, 4) is 0 Å². The molecule has 0 spiro atoms. The first-order valence-corrected chi connectivity index (χ1v) is 9.02. The summed E-state index contributed by atoms with van der Waals surface area (Å²) >= 11 is 7.22. The summed E-state index contributed by atoms with van der Waals surface area (Å²) in [7, 11) is 0. The Kier molecular flexibility index (Phi) is 5.11. The lowest BCUT2D eigenvalue weighted by Crippen LogP contribution is -2.41. The van der Waals surface area contributed by atoms with E-state index in [0.717, 1.165) is 22.9 Å². The third-order valence-corrected chi connectivity index (χ3v) is 5.38. The van der Waals surface area contributed by atoms with Gasteiger partial charge in [-0.25, -0.2) is 0 Å². The van der Waals surface area contributed by atoms with Gasteiger partial charge in [0.1, 0.15) is 5.58 Å². The third-order valence-electron chi connectivity index (χ3n) is 3.77. The van der Waals surface area contributed by atoms with Crippen LogP contribution in [0, 0.1) is 6.92 Å². The number of rotatable bonds is 3. The largest absolute Gasteiger partial charge is 0.451 e. The van der Waals surface area contributed by atoms with E-state index in [2.05, 4.69) is 10.9 Å². The fraction of sp³-hybridized carbons (Fsp3) is 0.167. The highest BCUT2D eigenvalue weighted by Crippen LogP contribution is 2.22. The van der Waals surface area contributed by atoms with Crippen LogP contribution in [0.3, 0.4) is 0 Å². The molecule has 3 aromatic rings. The van der Waals surface area contributed by atoms with Crippen molar-refractivity contribution in [2.45, 2.75) is 20.3 Å². The lowest BCUT2D eigenvalue weighted by molar-refractivity contribution is 0.0833. The van der Waals surface area contributed by atoms with Crippen molar-refractivity contribution in [1.29, 1.82) is 0 Å². The van der Waals surface area contributed by atoms with Crippen LogP contribution in [0.15, 0.2) is 39.5 Å². The zero-order chi connectivity index (χ0) is 18.8. The molecule has 1 aromatic carbocycles. The molecule has 2 N–H and O–H groups in total. The Morgan fingerprint density at radius 2 is 1.88 bits per heavy atom. The minimum Gasteiger partial charge on any atom is -0.451 e. The van der Waals surface area contributed by atoms with Gasteiger partial charge in [0, 0.05) is 16.0 Å². The molecule has 3 rings (SSSR count). The third kappa shape index (κ3) is 3.63. The highest BCUT2D eigenvalue weighted by Gasteiger charge is 2.16. The number of hydrogen-bond donors (Lipinski definition) is 2. The molecule has 2 heterocycles. The Hall–Kier alpha value is -2.64. The molecule has 0 aliphatic rings. The molecule has 8 heteroatoms. The molecule has 0 fully saturated rings. The van der Waals surface area contributed by atoms with Gasteiger partial charge < -0.3 is 4.42 Å². The molecule has 134 valence electrons. The molecular formula is C18H15ClN2O4S. The molecule has 0 aliphatic carbocycles. The quantitative estimate of drug-likeness (QED) is 0.670. The molecular weight excluding hydrogens is 376 g/mol. The molecule has 2 aromatic heterocycles. The number of carbonyl (C=O) groups is 2. The van der Waals surface area contributed by atoms with Gasteiger partial charge in [-0.1, -0.05) is 18.5 Å². The molecule has 26 heavy (non-hydrogen) atoms. The second-order valence-corrected chi connectivity index (χ2v) is 7.17. The predicted octanol–water partition coefficient (Wildman–Crippen LogP) is 3.45. The van der Waals surface area contributed by atoms with E-state index in [-0.39, 0.29) is 16.7 Å². The van der Waals surface area contributed by atoms with Crippen LogP contribution in [-0.4, -0.2) is 11.8 Å². The number of fused-ring (bicyclic) bond motifs is 1. The van der Waals surface area contributed by atoms with Gasteiger partial charge in [0.15, 0.2) is 11.2 Å². The molecule has 2 amide bonds. The topological polar surface area (TPSA) is 88.4 Å². The first-order chi connectivity index (χ1) is 12.4. The number of benzene rings is 1. The summed E-state index contributed by atoms with van der Waals surface area (Å²) in [5, 5.41) is 0.672. The van der Waals surface area contributed by atoms with Gasteiger partial charge in [0.25, 0.3) is 5.91 Å². The maximum atomic E-state index is 12.2. The van der Waals surface area contributed by atoms with Crippen LogP contribution in [0.1, 0.15) is 37.6 Å². The van der Waals surface area contributed by atoms with E-state index in [1.165, 1.54) is 23.5 Å². The summed E-state index contributed by atoms with van der Waals surface area (Å²) in [5.74, 6) is -1.36.